The largest absolute Gasteiger partial charge is 0.382 e. The standard InChI is InChI=1S/C12H18BrNOS/c1-2-12(15,9-6-4-3-5-7-9)11-14-8-10(13)16-11/h8-9,15H,2-7H2,1H3/t12-/m0/s1. The van der Waals surface area contributed by atoms with Crippen LogP contribution >= 0.6 is 27.3 Å². The van der Waals surface area contributed by atoms with Crippen molar-refractivity contribution in [2.45, 2.75) is 51.0 Å². The smallest absolute Gasteiger partial charge is 0.126 e. The highest BCUT2D eigenvalue weighted by Gasteiger charge is 2.39. The highest BCUT2D eigenvalue weighted by Crippen LogP contribution is 2.43. The fraction of sp³-hybridized carbons (Fsp3) is 0.750. The highest BCUT2D eigenvalue weighted by molar-refractivity contribution is 9.11. The van der Waals surface area contributed by atoms with Crippen LogP contribution in [-0.4, -0.2) is 10.1 Å². The van der Waals surface area contributed by atoms with Crippen LogP contribution in [0.4, 0.5) is 0 Å². The van der Waals surface area contributed by atoms with Gasteiger partial charge in [0.25, 0.3) is 0 Å². The molecule has 0 unspecified atom stereocenters. The Bertz CT molecular complexity index is 349. The van der Waals surface area contributed by atoms with Crippen LogP contribution in [0, 0.1) is 5.92 Å². The lowest BCUT2D eigenvalue weighted by molar-refractivity contribution is -0.0423. The second-order valence-corrected chi connectivity index (χ2v) is 6.99. The molecule has 2 rings (SSSR count). The molecule has 90 valence electrons. The van der Waals surface area contributed by atoms with Gasteiger partial charge in [-0.25, -0.2) is 4.98 Å². The Kier molecular flexibility index (Phi) is 4.03. The number of hydrogen-bond donors (Lipinski definition) is 1. The van der Waals surface area contributed by atoms with E-state index in [-0.39, 0.29) is 0 Å². The quantitative estimate of drug-likeness (QED) is 0.912. The van der Waals surface area contributed by atoms with E-state index in [1.165, 1.54) is 19.3 Å². The summed E-state index contributed by atoms with van der Waals surface area (Å²) in [5, 5.41) is 11.7. The van der Waals surface area contributed by atoms with E-state index in [0.717, 1.165) is 28.1 Å². The predicted octanol–water partition coefficient (Wildman–Crippen LogP) is 4.08. The van der Waals surface area contributed by atoms with Gasteiger partial charge < -0.3 is 5.11 Å². The molecule has 0 radical (unpaired) electrons. The summed E-state index contributed by atoms with van der Waals surface area (Å²) in [5.41, 5.74) is -0.697. The van der Waals surface area contributed by atoms with E-state index in [1.807, 2.05) is 0 Å². The van der Waals surface area contributed by atoms with Crippen LogP contribution in [0.3, 0.4) is 0 Å². The molecule has 1 aromatic heterocycles. The third-order valence-electron chi connectivity index (χ3n) is 3.67. The molecule has 0 bridgehead atoms. The average molecular weight is 304 g/mol. The van der Waals surface area contributed by atoms with Crippen LogP contribution < -0.4 is 0 Å². The SMILES string of the molecule is CC[C@@](O)(c1ncc(Br)s1)C1CCCCC1. The summed E-state index contributed by atoms with van der Waals surface area (Å²) in [5.74, 6) is 0.393. The minimum Gasteiger partial charge on any atom is -0.382 e. The van der Waals surface area contributed by atoms with Crippen LogP contribution in [0.25, 0.3) is 0 Å². The van der Waals surface area contributed by atoms with Crippen LogP contribution in [-0.2, 0) is 5.60 Å². The summed E-state index contributed by atoms with van der Waals surface area (Å²) >= 11 is 4.99. The Morgan fingerprint density at radius 2 is 2.19 bits per heavy atom. The molecule has 4 heteroatoms. The number of aromatic nitrogens is 1. The summed E-state index contributed by atoms with van der Waals surface area (Å²) in [6.45, 7) is 2.06. The zero-order valence-electron chi connectivity index (χ0n) is 9.58. The molecule has 1 saturated carbocycles. The van der Waals surface area contributed by atoms with E-state index in [2.05, 4.69) is 27.8 Å². The fourth-order valence-electron chi connectivity index (χ4n) is 2.65. The van der Waals surface area contributed by atoms with Gasteiger partial charge in [0.05, 0.1) is 9.98 Å². The molecule has 0 spiro atoms. The molecule has 1 atom stereocenters. The first-order chi connectivity index (χ1) is 7.66. The average Bonchev–Trinajstić information content (AvgIpc) is 2.76. The molecule has 1 aliphatic carbocycles. The lowest BCUT2D eigenvalue weighted by atomic mass is 9.76. The first kappa shape index (κ1) is 12.5. The molecule has 1 aromatic rings. The molecule has 1 heterocycles. The molecule has 0 amide bonds. The van der Waals surface area contributed by atoms with Gasteiger partial charge in [-0.2, -0.15) is 0 Å². The summed E-state index contributed by atoms with van der Waals surface area (Å²) in [6.07, 6.45) is 8.65. The lowest BCUT2D eigenvalue weighted by Gasteiger charge is -2.36. The third kappa shape index (κ3) is 2.34. The molecule has 0 aromatic carbocycles. The van der Waals surface area contributed by atoms with E-state index in [0.29, 0.717) is 5.92 Å². The fourth-order valence-corrected chi connectivity index (χ4v) is 4.09. The molecule has 1 fully saturated rings. The summed E-state index contributed by atoms with van der Waals surface area (Å²) in [6, 6.07) is 0. The van der Waals surface area contributed by atoms with Crippen molar-refractivity contribution in [2.75, 3.05) is 0 Å². The Hall–Kier alpha value is 0.0700. The van der Waals surface area contributed by atoms with Crippen LogP contribution in [0.5, 0.6) is 0 Å². The molecular formula is C12H18BrNOS. The maximum atomic E-state index is 10.9. The van der Waals surface area contributed by atoms with Crippen molar-refractivity contribution >= 4 is 27.3 Å². The van der Waals surface area contributed by atoms with Crippen molar-refractivity contribution in [3.63, 3.8) is 0 Å². The van der Waals surface area contributed by atoms with Crippen LogP contribution in [0.15, 0.2) is 9.98 Å². The number of hydrogen-bond acceptors (Lipinski definition) is 3. The van der Waals surface area contributed by atoms with Gasteiger partial charge in [0.1, 0.15) is 10.6 Å². The van der Waals surface area contributed by atoms with Crippen molar-refractivity contribution in [1.29, 1.82) is 0 Å². The Balaban J connectivity index is 2.23. The Labute approximate surface area is 109 Å². The van der Waals surface area contributed by atoms with Crippen LogP contribution in [0.2, 0.25) is 0 Å². The topological polar surface area (TPSA) is 33.1 Å². The van der Waals surface area contributed by atoms with Gasteiger partial charge in [0.2, 0.25) is 0 Å². The van der Waals surface area contributed by atoms with E-state index in [9.17, 15) is 5.11 Å². The van der Waals surface area contributed by atoms with Gasteiger partial charge in [0.15, 0.2) is 0 Å². The van der Waals surface area contributed by atoms with Crippen molar-refractivity contribution in [3.8, 4) is 0 Å². The first-order valence-corrected chi connectivity index (χ1v) is 7.62. The van der Waals surface area contributed by atoms with Crippen molar-refractivity contribution in [2.24, 2.45) is 5.92 Å². The highest BCUT2D eigenvalue weighted by atomic mass is 79.9. The molecule has 2 nitrogen and oxygen atoms in total. The second-order valence-electron chi connectivity index (χ2n) is 4.58. The number of rotatable bonds is 3. The van der Waals surface area contributed by atoms with Gasteiger partial charge in [0, 0.05) is 0 Å². The molecule has 16 heavy (non-hydrogen) atoms. The Morgan fingerprint density at radius 3 is 2.69 bits per heavy atom. The van der Waals surface area contributed by atoms with Crippen molar-refractivity contribution in [1.82, 2.24) is 4.98 Å². The zero-order chi connectivity index (χ0) is 11.6. The molecular weight excluding hydrogens is 286 g/mol. The monoisotopic (exact) mass is 303 g/mol. The molecule has 0 aliphatic heterocycles. The molecule has 0 saturated heterocycles. The predicted molar refractivity (Wildman–Crippen MR) is 70.6 cm³/mol. The maximum absolute atomic E-state index is 10.9. The van der Waals surface area contributed by atoms with E-state index in [4.69, 9.17) is 0 Å². The van der Waals surface area contributed by atoms with Crippen LogP contribution in [0.1, 0.15) is 50.5 Å². The van der Waals surface area contributed by atoms with Gasteiger partial charge in [-0.05, 0) is 41.1 Å². The zero-order valence-corrected chi connectivity index (χ0v) is 12.0. The first-order valence-electron chi connectivity index (χ1n) is 6.01. The van der Waals surface area contributed by atoms with Crippen molar-refractivity contribution < 1.29 is 5.11 Å². The van der Waals surface area contributed by atoms with Crippen molar-refractivity contribution in [3.05, 3.63) is 15.0 Å². The number of halogens is 1. The third-order valence-corrected chi connectivity index (χ3v) is 5.31. The summed E-state index contributed by atoms with van der Waals surface area (Å²) in [7, 11) is 0. The van der Waals surface area contributed by atoms with E-state index >= 15 is 0 Å². The minimum absolute atomic E-state index is 0.393. The maximum Gasteiger partial charge on any atom is 0.126 e. The number of aliphatic hydroxyl groups is 1. The summed E-state index contributed by atoms with van der Waals surface area (Å²) < 4.78 is 1.00. The lowest BCUT2D eigenvalue weighted by Crippen LogP contribution is -2.35. The molecule has 1 N–H and O–H groups in total. The normalized spacial score (nSPS) is 21.9. The van der Waals surface area contributed by atoms with E-state index in [1.54, 1.807) is 17.5 Å². The van der Waals surface area contributed by atoms with Gasteiger partial charge in [-0.1, -0.05) is 26.2 Å². The minimum atomic E-state index is -0.697. The molecule has 1 aliphatic rings. The number of nitrogens with zero attached hydrogens (tertiary/aromatic N) is 1. The van der Waals surface area contributed by atoms with E-state index < -0.39 is 5.60 Å². The Morgan fingerprint density at radius 1 is 1.50 bits per heavy atom. The van der Waals surface area contributed by atoms with Gasteiger partial charge in [-0.3, -0.25) is 0 Å². The van der Waals surface area contributed by atoms with Gasteiger partial charge in [-0.15, -0.1) is 11.3 Å². The number of thiazole rings is 1. The second kappa shape index (κ2) is 5.15. The summed E-state index contributed by atoms with van der Waals surface area (Å²) in [4.78, 5) is 4.36. The van der Waals surface area contributed by atoms with Gasteiger partial charge >= 0.3 is 0 Å².